The number of halogens is 2. The Balaban J connectivity index is 2.25. The first-order valence-corrected chi connectivity index (χ1v) is 8.19. The summed E-state index contributed by atoms with van der Waals surface area (Å²) in [5, 5.41) is 10.0. The van der Waals surface area contributed by atoms with Crippen molar-refractivity contribution in [2.24, 2.45) is 0 Å². The van der Waals surface area contributed by atoms with Crippen LogP contribution in [0.15, 0.2) is 42.0 Å². The minimum Gasteiger partial charge on any atom is -0.493 e. The van der Waals surface area contributed by atoms with Gasteiger partial charge in [-0.15, -0.1) is 0 Å². The van der Waals surface area contributed by atoms with Crippen molar-refractivity contribution in [1.82, 2.24) is 0 Å². The van der Waals surface area contributed by atoms with E-state index in [4.69, 9.17) is 37.9 Å². The maximum atomic E-state index is 11.5. The van der Waals surface area contributed by atoms with Gasteiger partial charge in [0.1, 0.15) is 18.2 Å². The second-order valence-corrected chi connectivity index (χ2v) is 5.87. The molecule has 26 heavy (non-hydrogen) atoms. The molecule has 0 saturated heterocycles. The molecule has 2 rings (SSSR count). The van der Waals surface area contributed by atoms with E-state index in [1.54, 1.807) is 42.5 Å². The molecule has 0 atom stereocenters. The molecule has 0 aromatic heterocycles. The molecular weight excluding hydrogens is 377 g/mol. The molecule has 0 aliphatic carbocycles. The fraction of sp³-hybridized carbons (Fsp3) is 0.158. The Morgan fingerprint density at radius 3 is 2.42 bits per heavy atom. The molecule has 2 aromatic carbocycles. The number of methoxy groups -OCH3 is 2. The van der Waals surface area contributed by atoms with Crippen LogP contribution in [0.25, 0.3) is 6.08 Å². The zero-order valence-electron chi connectivity index (χ0n) is 14.1. The Morgan fingerprint density at radius 1 is 1.15 bits per heavy atom. The Kier molecular flexibility index (Phi) is 6.90. The molecule has 0 saturated carbocycles. The molecule has 0 fully saturated rings. The quantitative estimate of drug-likeness (QED) is 0.406. The van der Waals surface area contributed by atoms with E-state index in [1.807, 2.05) is 0 Å². The van der Waals surface area contributed by atoms with Crippen molar-refractivity contribution in [1.29, 1.82) is 5.26 Å². The van der Waals surface area contributed by atoms with Crippen LogP contribution in [0.4, 0.5) is 0 Å². The largest absolute Gasteiger partial charge is 0.493 e. The monoisotopic (exact) mass is 391 g/mol. The van der Waals surface area contributed by atoms with E-state index in [2.05, 4.69) is 4.74 Å². The van der Waals surface area contributed by atoms with Gasteiger partial charge in [-0.3, -0.25) is 0 Å². The summed E-state index contributed by atoms with van der Waals surface area (Å²) in [7, 11) is 2.70. The molecule has 134 valence electrons. The predicted octanol–water partition coefficient (Wildman–Crippen LogP) is 4.66. The number of carbonyl (C=O) groups excluding carboxylic acids is 1. The molecular formula is C19H15Cl2NO4. The van der Waals surface area contributed by atoms with Gasteiger partial charge in [-0.05, 0) is 35.9 Å². The van der Waals surface area contributed by atoms with Crippen molar-refractivity contribution >= 4 is 35.2 Å². The molecule has 0 aliphatic rings. The van der Waals surface area contributed by atoms with E-state index >= 15 is 0 Å². The summed E-state index contributed by atoms with van der Waals surface area (Å²) in [6.07, 6.45) is 1.41. The number of rotatable bonds is 6. The number of hydrogen-bond donors (Lipinski definition) is 0. The average Bonchev–Trinajstić information content (AvgIpc) is 2.65. The molecule has 0 heterocycles. The molecule has 5 nitrogen and oxygen atoms in total. The first kappa shape index (κ1) is 19.6. The molecule has 0 N–H and O–H groups in total. The molecule has 0 unspecified atom stereocenters. The lowest BCUT2D eigenvalue weighted by Gasteiger charge is -2.13. The third kappa shape index (κ3) is 4.69. The molecule has 0 aliphatic heterocycles. The zero-order valence-corrected chi connectivity index (χ0v) is 15.6. The van der Waals surface area contributed by atoms with Crippen LogP contribution in [0.1, 0.15) is 11.1 Å². The van der Waals surface area contributed by atoms with E-state index < -0.39 is 5.97 Å². The van der Waals surface area contributed by atoms with E-state index in [0.29, 0.717) is 32.7 Å². The average molecular weight is 392 g/mol. The van der Waals surface area contributed by atoms with Crippen molar-refractivity contribution in [2.75, 3.05) is 14.2 Å². The maximum absolute atomic E-state index is 11.5. The Labute approximate surface area is 161 Å². The van der Waals surface area contributed by atoms with Gasteiger partial charge < -0.3 is 14.2 Å². The normalized spacial score (nSPS) is 10.8. The van der Waals surface area contributed by atoms with Crippen molar-refractivity contribution in [2.45, 2.75) is 6.61 Å². The number of benzene rings is 2. The topological polar surface area (TPSA) is 68.6 Å². The van der Waals surface area contributed by atoms with Crippen molar-refractivity contribution < 1.29 is 19.0 Å². The van der Waals surface area contributed by atoms with Crippen LogP contribution in [-0.2, 0) is 16.1 Å². The van der Waals surface area contributed by atoms with E-state index in [9.17, 15) is 4.79 Å². The van der Waals surface area contributed by atoms with Crippen LogP contribution in [0.2, 0.25) is 10.0 Å². The summed E-state index contributed by atoms with van der Waals surface area (Å²) >= 11 is 12.3. The highest BCUT2D eigenvalue weighted by Gasteiger charge is 2.12. The Morgan fingerprint density at radius 2 is 1.85 bits per heavy atom. The second kappa shape index (κ2) is 9.14. The Bertz CT molecular complexity index is 867. The smallest absolute Gasteiger partial charge is 0.348 e. The van der Waals surface area contributed by atoms with Gasteiger partial charge in [-0.25, -0.2) is 4.79 Å². The van der Waals surface area contributed by atoms with Gasteiger partial charge in [0.2, 0.25) is 0 Å². The van der Waals surface area contributed by atoms with Crippen LogP contribution in [0.3, 0.4) is 0 Å². The van der Waals surface area contributed by atoms with E-state index in [-0.39, 0.29) is 12.2 Å². The number of ether oxygens (including phenoxy) is 3. The fourth-order valence-electron chi connectivity index (χ4n) is 2.13. The van der Waals surface area contributed by atoms with Crippen molar-refractivity contribution in [3.05, 3.63) is 63.1 Å². The highest BCUT2D eigenvalue weighted by molar-refractivity contribution is 6.35. The van der Waals surface area contributed by atoms with Gasteiger partial charge in [0.15, 0.2) is 11.5 Å². The summed E-state index contributed by atoms with van der Waals surface area (Å²) in [4.78, 5) is 11.5. The second-order valence-electron chi connectivity index (χ2n) is 5.06. The third-order valence-corrected chi connectivity index (χ3v) is 4.17. The molecule has 2 aromatic rings. The van der Waals surface area contributed by atoms with Crippen LogP contribution < -0.4 is 9.47 Å². The SMILES string of the molecule is COC(=O)/C(C#N)=C\c1ccc(OCc2c(Cl)cccc2Cl)c(OC)c1. The zero-order chi connectivity index (χ0) is 19.1. The van der Waals surface area contributed by atoms with Crippen molar-refractivity contribution in [3.8, 4) is 17.6 Å². The maximum Gasteiger partial charge on any atom is 0.348 e. The lowest BCUT2D eigenvalue weighted by molar-refractivity contribution is -0.135. The number of nitrogens with zero attached hydrogens (tertiary/aromatic N) is 1. The van der Waals surface area contributed by atoms with Crippen LogP contribution in [0.5, 0.6) is 11.5 Å². The molecule has 0 bridgehead atoms. The molecule has 0 spiro atoms. The summed E-state index contributed by atoms with van der Waals surface area (Å²) in [5.74, 6) is 0.196. The molecule has 0 amide bonds. The van der Waals surface area contributed by atoms with Gasteiger partial charge in [0.05, 0.1) is 14.2 Å². The van der Waals surface area contributed by atoms with Crippen LogP contribution in [-0.4, -0.2) is 20.2 Å². The van der Waals surface area contributed by atoms with E-state index in [0.717, 1.165) is 0 Å². The first-order valence-electron chi connectivity index (χ1n) is 7.44. The summed E-state index contributed by atoms with van der Waals surface area (Å²) in [5.41, 5.74) is 1.14. The van der Waals surface area contributed by atoms with E-state index in [1.165, 1.54) is 20.3 Å². The first-order chi connectivity index (χ1) is 12.5. The minimum atomic E-state index is -0.708. The van der Waals surface area contributed by atoms with Crippen molar-refractivity contribution in [3.63, 3.8) is 0 Å². The highest BCUT2D eigenvalue weighted by Crippen LogP contribution is 2.32. The summed E-state index contributed by atoms with van der Waals surface area (Å²) in [6, 6.07) is 12.0. The number of carbonyl (C=O) groups is 1. The third-order valence-electron chi connectivity index (χ3n) is 3.46. The highest BCUT2D eigenvalue weighted by atomic mass is 35.5. The Hall–Kier alpha value is -2.68. The van der Waals surface area contributed by atoms with Crippen LogP contribution >= 0.6 is 23.2 Å². The summed E-state index contributed by atoms with van der Waals surface area (Å²) in [6.45, 7) is 0.162. The summed E-state index contributed by atoms with van der Waals surface area (Å²) < 4.78 is 15.6. The molecule has 0 radical (unpaired) electrons. The number of hydrogen-bond acceptors (Lipinski definition) is 5. The number of nitriles is 1. The lowest BCUT2D eigenvalue weighted by Crippen LogP contribution is -2.03. The lowest BCUT2D eigenvalue weighted by atomic mass is 10.1. The van der Waals surface area contributed by atoms with Gasteiger partial charge >= 0.3 is 5.97 Å². The van der Waals surface area contributed by atoms with Gasteiger partial charge in [0, 0.05) is 15.6 Å². The minimum absolute atomic E-state index is 0.119. The predicted molar refractivity (Wildman–Crippen MR) is 99.4 cm³/mol. The fourth-order valence-corrected chi connectivity index (χ4v) is 2.63. The number of esters is 1. The standard InChI is InChI=1S/C19H15Cl2NO4/c1-24-18-9-12(8-13(10-22)19(23)25-2)6-7-17(18)26-11-14-15(20)4-3-5-16(14)21/h3-9H,11H2,1-2H3/b13-8-. The van der Waals surface area contributed by atoms with Crippen LogP contribution in [0, 0.1) is 11.3 Å². The van der Waals surface area contributed by atoms with Gasteiger partial charge in [-0.1, -0.05) is 35.3 Å². The van der Waals surface area contributed by atoms with Gasteiger partial charge in [0.25, 0.3) is 0 Å². The molecule has 7 heteroatoms. The van der Waals surface area contributed by atoms with Gasteiger partial charge in [-0.2, -0.15) is 5.26 Å².